The Kier molecular flexibility index (Phi) is 1.84. The van der Waals surface area contributed by atoms with Crippen LogP contribution in [0.25, 0.3) is 0 Å². The maximum Gasteiger partial charge on any atom is 0.231 e. The topological polar surface area (TPSA) is 44.5 Å². The fourth-order valence-electron chi connectivity index (χ4n) is 1.28. The van der Waals surface area contributed by atoms with Gasteiger partial charge in [0, 0.05) is 17.7 Å². The number of hydrogen-bond donors (Lipinski definition) is 1. The average Bonchev–Trinajstić information content (AvgIpc) is 2.48. The van der Waals surface area contributed by atoms with Crippen molar-refractivity contribution in [2.24, 2.45) is 5.73 Å². The van der Waals surface area contributed by atoms with E-state index in [1.165, 1.54) is 6.07 Å². The highest BCUT2D eigenvalue weighted by molar-refractivity contribution is 5.45. The number of fused-ring (bicyclic) bond motifs is 1. The highest BCUT2D eigenvalue weighted by Gasteiger charge is 2.18. The van der Waals surface area contributed by atoms with E-state index in [0.717, 1.165) is 0 Å². The van der Waals surface area contributed by atoms with Crippen LogP contribution in [-0.4, -0.2) is 6.79 Å². The van der Waals surface area contributed by atoms with Crippen LogP contribution in [0, 0.1) is 5.82 Å². The van der Waals surface area contributed by atoms with E-state index in [4.69, 9.17) is 15.2 Å². The monoisotopic (exact) mass is 183 g/mol. The second kappa shape index (κ2) is 2.88. The number of benzene rings is 1. The van der Waals surface area contributed by atoms with Gasteiger partial charge in [-0.2, -0.15) is 0 Å². The van der Waals surface area contributed by atoms with Gasteiger partial charge in [0.25, 0.3) is 0 Å². The van der Waals surface area contributed by atoms with Crippen LogP contribution in [0.2, 0.25) is 0 Å². The van der Waals surface area contributed by atoms with Crippen LogP contribution in [0.4, 0.5) is 4.39 Å². The third-order valence-electron chi connectivity index (χ3n) is 1.98. The Morgan fingerprint density at radius 2 is 2.00 bits per heavy atom. The van der Waals surface area contributed by atoms with E-state index in [-0.39, 0.29) is 18.7 Å². The number of nitrogens with two attached hydrogens (primary N) is 1. The molecule has 0 saturated carbocycles. The summed E-state index contributed by atoms with van der Waals surface area (Å²) in [7, 11) is 0. The smallest absolute Gasteiger partial charge is 0.231 e. The van der Waals surface area contributed by atoms with E-state index >= 15 is 0 Å². The molecule has 70 valence electrons. The van der Waals surface area contributed by atoms with Crippen LogP contribution in [-0.2, 0) is 0 Å². The van der Waals surface area contributed by atoms with Gasteiger partial charge in [0.15, 0.2) is 11.5 Å². The summed E-state index contributed by atoms with van der Waals surface area (Å²) in [5.74, 6) is 0.662. The van der Waals surface area contributed by atoms with Crippen molar-refractivity contribution in [2.45, 2.75) is 13.0 Å². The molecule has 1 aromatic rings. The average molecular weight is 183 g/mol. The van der Waals surface area contributed by atoms with Gasteiger partial charge in [-0.05, 0) is 13.0 Å². The van der Waals surface area contributed by atoms with Gasteiger partial charge in [-0.25, -0.2) is 4.39 Å². The Bertz CT molecular complexity index is 339. The van der Waals surface area contributed by atoms with E-state index in [9.17, 15) is 4.39 Å². The molecule has 0 amide bonds. The van der Waals surface area contributed by atoms with Gasteiger partial charge < -0.3 is 15.2 Å². The lowest BCUT2D eigenvalue weighted by molar-refractivity contribution is 0.174. The molecule has 1 unspecified atom stereocenters. The molecule has 1 aromatic carbocycles. The minimum absolute atomic E-state index is 0.150. The fraction of sp³-hybridized carbons (Fsp3) is 0.333. The van der Waals surface area contributed by atoms with Crippen molar-refractivity contribution >= 4 is 0 Å². The van der Waals surface area contributed by atoms with Crippen molar-refractivity contribution in [2.75, 3.05) is 6.79 Å². The first kappa shape index (κ1) is 8.31. The molecule has 0 spiro atoms. The quantitative estimate of drug-likeness (QED) is 0.718. The lowest BCUT2D eigenvalue weighted by atomic mass is 10.1. The molecule has 0 aliphatic carbocycles. The lowest BCUT2D eigenvalue weighted by Gasteiger charge is -2.07. The van der Waals surface area contributed by atoms with Crippen LogP contribution in [0.5, 0.6) is 11.5 Å². The van der Waals surface area contributed by atoms with Crippen LogP contribution >= 0.6 is 0 Å². The van der Waals surface area contributed by atoms with Crippen LogP contribution in [0.3, 0.4) is 0 Å². The number of hydrogen-bond acceptors (Lipinski definition) is 3. The summed E-state index contributed by atoms with van der Waals surface area (Å²) < 4.78 is 23.4. The van der Waals surface area contributed by atoms with Crippen molar-refractivity contribution in [3.63, 3.8) is 0 Å². The Morgan fingerprint density at radius 1 is 1.38 bits per heavy atom. The predicted molar refractivity (Wildman–Crippen MR) is 45.1 cm³/mol. The summed E-state index contributed by atoms with van der Waals surface area (Å²) in [5, 5.41) is 0. The first-order chi connectivity index (χ1) is 6.18. The molecule has 1 aliphatic rings. The summed E-state index contributed by atoms with van der Waals surface area (Å²) in [6.45, 7) is 1.87. The summed E-state index contributed by atoms with van der Waals surface area (Å²) in [4.78, 5) is 0. The van der Waals surface area contributed by atoms with Gasteiger partial charge in [0.1, 0.15) is 5.82 Å². The second-order valence-electron chi connectivity index (χ2n) is 3.02. The van der Waals surface area contributed by atoms with E-state index < -0.39 is 0 Å². The van der Waals surface area contributed by atoms with Crippen molar-refractivity contribution in [1.29, 1.82) is 0 Å². The Labute approximate surface area is 75.3 Å². The molecule has 0 radical (unpaired) electrons. The van der Waals surface area contributed by atoms with Gasteiger partial charge in [-0.3, -0.25) is 0 Å². The molecule has 1 atom stereocenters. The molecule has 13 heavy (non-hydrogen) atoms. The zero-order chi connectivity index (χ0) is 9.42. The summed E-state index contributed by atoms with van der Waals surface area (Å²) in [5.41, 5.74) is 6.02. The summed E-state index contributed by atoms with van der Waals surface area (Å²) in [6.07, 6.45) is 0. The van der Waals surface area contributed by atoms with E-state index in [1.54, 1.807) is 13.0 Å². The number of ether oxygens (including phenoxy) is 2. The molecule has 0 fully saturated rings. The molecule has 3 nitrogen and oxygen atoms in total. The fourth-order valence-corrected chi connectivity index (χ4v) is 1.28. The van der Waals surface area contributed by atoms with Crippen molar-refractivity contribution in [3.8, 4) is 11.5 Å². The van der Waals surface area contributed by atoms with Gasteiger partial charge >= 0.3 is 0 Å². The molecule has 4 heteroatoms. The van der Waals surface area contributed by atoms with Crippen LogP contribution < -0.4 is 15.2 Å². The molecule has 2 rings (SSSR count). The van der Waals surface area contributed by atoms with Crippen molar-refractivity contribution in [1.82, 2.24) is 0 Å². The normalized spacial score (nSPS) is 15.9. The van der Waals surface area contributed by atoms with Gasteiger partial charge in [0.05, 0.1) is 0 Å². The zero-order valence-corrected chi connectivity index (χ0v) is 7.21. The first-order valence-corrected chi connectivity index (χ1v) is 4.03. The van der Waals surface area contributed by atoms with Crippen LogP contribution in [0.15, 0.2) is 12.1 Å². The standard InChI is InChI=1S/C9H10FNO2/c1-5(11)6-2-8-9(3-7(6)10)13-4-12-8/h2-3,5H,4,11H2,1H3. The second-order valence-corrected chi connectivity index (χ2v) is 3.02. The minimum atomic E-state index is -0.348. The number of halogens is 1. The van der Waals surface area contributed by atoms with Crippen molar-refractivity contribution in [3.05, 3.63) is 23.5 Å². The maximum atomic E-state index is 13.3. The van der Waals surface area contributed by atoms with Gasteiger partial charge in [-0.15, -0.1) is 0 Å². The molecule has 1 heterocycles. The van der Waals surface area contributed by atoms with Crippen LogP contribution in [0.1, 0.15) is 18.5 Å². The summed E-state index contributed by atoms with van der Waals surface area (Å²) >= 11 is 0. The van der Waals surface area contributed by atoms with E-state index in [1.807, 2.05) is 0 Å². The molecular weight excluding hydrogens is 173 g/mol. The minimum Gasteiger partial charge on any atom is -0.454 e. The Morgan fingerprint density at radius 3 is 2.62 bits per heavy atom. The SMILES string of the molecule is CC(N)c1cc2c(cc1F)OCO2. The maximum absolute atomic E-state index is 13.3. The number of rotatable bonds is 1. The largest absolute Gasteiger partial charge is 0.454 e. The van der Waals surface area contributed by atoms with Gasteiger partial charge in [-0.1, -0.05) is 0 Å². The lowest BCUT2D eigenvalue weighted by Crippen LogP contribution is -2.07. The third kappa shape index (κ3) is 1.33. The molecule has 1 aliphatic heterocycles. The molecular formula is C9H10FNO2. The molecule has 2 N–H and O–H groups in total. The molecule has 0 bridgehead atoms. The van der Waals surface area contributed by atoms with E-state index in [2.05, 4.69) is 0 Å². The molecule has 0 saturated heterocycles. The van der Waals surface area contributed by atoms with Crippen molar-refractivity contribution < 1.29 is 13.9 Å². The summed E-state index contributed by atoms with van der Waals surface area (Å²) in [6, 6.07) is 2.55. The predicted octanol–water partition coefficient (Wildman–Crippen LogP) is 1.57. The van der Waals surface area contributed by atoms with Gasteiger partial charge in [0.2, 0.25) is 6.79 Å². The Balaban J connectivity index is 2.49. The highest BCUT2D eigenvalue weighted by Crippen LogP contribution is 2.35. The first-order valence-electron chi connectivity index (χ1n) is 4.03. The molecule has 0 aromatic heterocycles. The third-order valence-corrected chi connectivity index (χ3v) is 1.98. The Hall–Kier alpha value is -1.29. The highest BCUT2D eigenvalue weighted by atomic mass is 19.1. The zero-order valence-electron chi connectivity index (χ0n) is 7.21. The van der Waals surface area contributed by atoms with E-state index in [0.29, 0.717) is 17.1 Å².